The van der Waals surface area contributed by atoms with E-state index in [4.69, 9.17) is 17.3 Å². The Morgan fingerprint density at radius 3 is 2.81 bits per heavy atom. The van der Waals surface area contributed by atoms with Gasteiger partial charge < -0.3 is 16.0 Å². The zero-order chi connectivity index (χ0) is 15.6. The van der Waals surface area contributed by atoms with Gasteiger partial charge in [0, 0.05) is 28.7 Å². The van der Waals surface area contributed by atoms with Gasteiger partial charge in [0.15, 0.2) is 0 Å². The Kier molecular flexibility index (Phi) is 4.69. The van der Waals surface area contributed by atoms with Gasteiger partial charge in [-0.15, -0.1) is 11.3 Å². The maximum absolute atomic E-state index is 12.4. The first-order valence-electron chi connectivity index (χ1n) is 6.43. The van der Waals surface area contributed by atoms with Gasteiger partial charge in [-0.05, 0) is 25.1 Å². The lowest BCUT2D eigenvalue weighted by molar-refractivity contribution is -0.121. The molecule has 2 aromatic rings. The number of amides is 2. The summed E-state index contributed by atoms with van der Waals surface area (Å²) in [6.07, 6.45) is 0. The Morgan fingerprint density at radius 2 is 2.14 bits per heavy atom. The van der Waals surface area contributed by atoms with E-state index in [0.717, 1.165) is 10.1 Å². The van der Waals surface area contributed by atoms with E-state index in [1.807, 2.05) is 6.92 Å². The third kappa shape index (κ3) is 3.28. The van der Waals surface area contributed by atoms with Crippen molar-refractivity contribution < 1.29 is 9.59 Å². The van der Waals surface area contributed by atoms with E-state index in [1.165, 1.54) is 16.2 Å². The van der Waals surface area contributed by atoms with Gasteiger partial charge >= 0.3 is 0 Å². The van der Waals surface area contributed by atoms with E-state index in [9.17, 15) is 9.59 Å². The average Bonchev–Trinajstić information content (AvgIpc) is 2.74. The summed E-state index contributed by atoms with van der Waals surface area (Å²) in [7, 11) is 1.58. The highest BCUT2D eigenvalue weighted by atomic mass is 35.5. The van der Waals surface area contributed by atoms with Gasteiger partial charge in [-0.2, -0.15) is 0 Å². The SMILES string of the molecule is CCNC(=O)CN(C)C(=O)c1sc2cc(Cl)ccc2c1N. The molecule has 2 rings (SSSR count). The Morgan fingerprint density at radius 1 is 1.43 bits per heavy atom. The molecule has 0 saturated heterocycles. The molecule has 21 heavy (non-hydrogen) atoms. The van der Waals surface area contributed by atoms with Gasteiger partial charge in [0.2, 0.25) is 5.91 Å². The molecule has 0 radical (unpaired) electrons. The van der Waals surface area contributed by atoms with Crippen LogP contribution in [0.4, 0.5) is 5.69 Å². The molecule has 0 unspecified atom stereocenters. The smallest absolute Gasteiger partial charge is 0.266 e. The monoisotopic (exact) mass is 325 g/mol. The molecule has 2 amide bonds. The Labute approximate surface area is 131 Å². The molecule has 3 N–H and O–H groups in total. The Bertz CT molecular complexity index is 699. The molecule has 1 heterocycles. The number of benzene rings is 1. The van der Waals surface area contributed by atoms with E-state index >= 15 is 0 Å². The molecular formula is C14H16ClN3O2S. The summed E-state index contributed by atoms with van der Waals surface area (Å²) in [5.74, 6) is -0.466. The first kappa shape index (κ1) is 15.6. The number of carbonyl (C=O) groups is 2. The van der Waals surface area contributed by atoms with Crippen molar-refractivity contribution in [3.05, 3.63) is 28.1 Å². The number of nitrogens with two attached hydrogens (primary N) is 1. The lowest BCUT2D eigenvalue weighted by atomic mass is 10.2. The van der Waals surface area contributed by atoms with E-state index in [-0.39, 0.29) is 18.4 Å². The second-order valence-electron chi connectivity index (χ2n) is 4.60. The fourth-order valence-corrected chi connectivity index (χ4v) is 3.36. The van der Waals surface area contributed by atoms with Crippen molar-refractivity contribution in [2.45, 2.75) is 6.92 Å². The normalized spacial score (nSPS) is 10.6. The Balaban J connectivity index is 2.26. The summed E-state index contributed by atoms with van der Waals surface area (Å²) >= 11 is 7.23. The van der Waals surface area contributed by atoms with E-state index in [1.54, 1.807) is 25.2 Å². The van der Waals surface area contributed by atoms with Crippen LogP contribution in [0.2, 0.25) is 5.02 Å². The highest BCUT2D eigenvalue weighted by Gasteiger charge is 2.21. The van der Waals surface area contributed by atoms with Crippen molar-refractivity contribution >= 4 is 50.5 Å². The molecule has 0 aliphatic carbocycles. The number of hydrogen-bond acceptors (Lipinski definition) is 4. The lowest BCUT2D eigenvalue weighted by Gasteiger charge is -2.15. The predicted octanol–water partition coefficient (Wildman–Crippen LogP) is 2.34. The largest absolute Gasteiger partial charge is 0.397 e. The van der Waals surface area contributed by atoms with E-state index < -0.39 is 0 Å². The maximum Gasteiger partial charge on any atom is 0.266 e. The summed E-state index contributed by atoms with van der Waals surface area (Å²) in [5, 5.41) is 4.05. The number of nitrogen functional groups attached to an aromatic ring is 1. The van der Waals surface area contributed by atoms with Gasteiger partial charge in [0.05, 0.1) is 12.2 Å². The fourth-order valence-electron chi connectivity index (χ4n) is 1.96. The quantitative estimate of drug-likeness (QED) is 0.906. The minimum absolute atomic E-state index is 0.00111. The minimum atomic E-state index is -0.268. The number of anilines is 1. The van der Waals surface area contributed by atoms with Crippen molar-refractivity contribution in [3.63, 3.8) is 0 Å². The van der Waals surface area contributed by atoms with Gasteiger partial charge in [-0.25, -0.2) is 0 Å². The van der Waals surface area contributed by atoms with Crippen LogP contribution in [0.15, 0.2) is 18.2 Å². The second-order valence-corrected chi connectivity index (χ2v) is 6.09. The van der Waals surface area contributed by atoms with Gasteiger partial charge in [-0.3, -0.25) is 9.59 Å². The highest BCUT2D eigenvalue weighted by molar-refractivity contribution is 7.21. The highest BCUT2D eigenvalue weighted by Crippen LogP contribution is 2.35. The zero-order valence-corrected chi connectivity index (χ0v) is 13.3. The molecule has 0 aliphatic rings. The number of rotatable bonds is 4. The summed E-state index contributed by atoms with van der Waals surface area (Å²) < 4.78 is 0.856. The summed E-state index contributed by atoms with van der Waals surface area (Å²) in [5.41, 5.74) is 6.47. The molecule has 1 aromatic heterocycles. The molecule has 0 saturated carbocycles. The second kappa shape index (κ2) is 6.32. The number of thiophene rings is 1. The van der Waals surface area contributed by atoms with Crippen LogP contribution in [-0.2, 0) is 4.79 Å². The van der Waals surface area contributed by atoms with Crippen molar-refractivity contribution in [3.8, 4) is 0 Å². The molecular weight excluding hydrogens is 310 g/mol. The maximum atomic E-state index is 12.4. The zero-order valence-electron chi connectivity index (χ0n) is 11.8. The minimum Gasteiger partial charge on any atom is -0.397 e. The van der Waals surface area contributed by atoms with Gasteiger partial charge in [-0.1, -0.05) is 11.6 Å². The summed E-state index contributed by atoms with van der Waals surface area (Å²) in [6.45, 7) is 2.36. The van der Waals surface area contributed by atoms with Crippen LogP contribution in [0.1, 0.15) is 16.6 Å². The van der Waals surface area contributed by atoms with Crippen molar-refractivity contribution in [2.75, 3.05) is 25.9 Å². The van der Waals surface area contributed by atoms with Crippen LogP contribution in [0.25, 0.3) is 10.1 Å². The van der Waals surface area contributed by atoms with Crippen LogP contribution in [-0.4, -0.2) is 36.9 Å². The number of fused-ring (bicyclic) bond motifs is 1. The molecule has 1 aromatic carbocycles. The van der Waals surface area contributed by atoms with Crippen LogP contribution in [0.3, 0.4) is 0 Å². The van der Waals surface area contributed by atoms with Gasteiger partial charge in [0.25, 0.3) is 5.91 Å². The van der Waals surface area contributed by atoms with Crippen molar-refractivity contribution in [2.24, 2.45) is 0 Å². The number of halogens is 1. The molecule has 0 atom stereocenters. The van der Waals surface area contributed by atoms with Crippen molar-refractivity contribution in [1.82, 2.24) is 10.2 Å². The van der Waals surface area contributed by atoms with E-state index in [0.29, 0.717) is 22.1 Å². The number of carbonyl (C=O) groups excluding carboxylic acids is 2. The van der Waals surface area contributed by atoms with Gasteiger partial charge in [0.1, 0.15) is 4.88 Å². The molecule has 0 aliphatic heterocycles. The number of nitrogens with one attached hydrogen (secondary N) is 1. The average molecular weight is 326 g/mol. The molecule has 0 spiro atoms. The van der Waals surface area contributed by atoms with Crippen molar-refractivity contribution in [1.29, 1.82) is 0 Å². The third-order valence-corrected chi connectivity index (χ3v) is 4.38. The standard InChI is InChI=1S/C14H16ClN3O2S/c1-3-17-11(19)7-18(2)14(20)13-12(16)9-5-4-8(15)6-10(9)21-13/h4-6H,3,7,16H2,1-2H3,(H,17,19). The van der Waals surface area contributed by atoms with Crippen LogP contribution in [0, 0.1) is 0 Å². The Hall–Kier alpha value is -1.79. The van der Waals surface area contributed by atoms with Crippen LogP contribution in [0.5, 0.6) is 0 Å². The lowest BCUT2D eigenvalue weighted by Crippen LogP contribution is -2.38. The fraction of sp³-hybridized carbons (Fsp3) is 0.286. The molecule has 7 heteroatoms. The number of hydrogen-bond donors (Lipinski definition) is 2. The first-order valence-corrected chi connectivity index (χ1v) is 7.63. The number of likely N-dealkylation sites (N-methyl/N-ethyl adjacent to an activating group) is 2. The van der Waals surface area contributed by atoms with Crippen LogP contribution >= 0.6 is 22.9 Å². The van der Waals surface area contributed by atoms with Crippen LogP contribution < -0.4 is 11.1 Å². The molecule has 112 valence electrons. The summed E-state index contributed by atoms with van der Waals surface area (Å²) in [6, 6.07) is 5.31. The first-order chi connectivity index (χ1) is 9.93. The molecule has 5 nitrogen and oxygen atoms in total. The third-order valence-electron chi connectivity index (χ3n) is 2.99. The van der Waals surface area contributed by atoms with E-state index in [2.05, 4.69) is 5.32 Å². The summed E-state index contributed by atoms with van der Waals surface area (Å²) in [4.78, 5) is 25.7. The molecule has 0 bridgehead atoms. The number of nitrogens with zero attached hydrogens (tertiary/aromatic N) is 1. The molecule has 0 fully saturated rings. The topological polar surface area (TPSA) is 75.4 Å². The predicted molar refractivity (Wildman–Crippen MR) is 86.9 cm³/mol.